The van der Waals surface area contributed by atoms with Crippen LogP contribution in [0.4, 0.5) is 0 Å². The first kappa shape index (κ1) is 9.65. The van der Waals surface area contributed by atoms with Gasteiger partial charge in [0.25, 0.3) is 0 Å². The van der Waals surface area contributed by atoms with Gasteiger partial charge in [0.15, 0.2) is 0 Å². The maximum Gasteiger partial charge on any atom is 0.138 e. The van der Waals surface area contributed by atoms with E-state index in [2.05, 4.69) is 0 Å². The van der Waals surface area contributed by atoms with Crippen LogP contribution in [0, 0.1) is 0 Å². The van der Waals surface area contributed by atoms with Gasteiger partial charge < -0.3 is 14.6 Å². The van der Waals surface area contributed by atoms with Gasteiger partial charge in [-0.2, -0.15) is 0 Å². The molecule has 1 atom stereocenters. The third-order valence-electron chi connectivity index (χ3n) is 2.32. The van der Waals surface area contributed by atoms with Crippen molar-refractivity contribution < 1.29 is 14.6 Å². The molecule has 14 heavy (non-hydrogen) atoms. The molecular weight excluding hydrogens is 180 g/mol. The Morgan fingerprint density at radius 1 is 1.36 bits per heavy atom. The maximum atomic E-state index is 8.95. The van der Waals surface area contributed by atoms with E-state index in [-0.39, 0.29) is 6.61 Å². The molecule has 0 amide bonds. The van der Waals surface area contributed by atoms with E-state index < -0.39 is 5.60 Å². The Hall–Kier alpha value is -0.900. The molecule has 76 valence electrons. The number of epoxide rings is 1. The number of hydrogen-bond acceptors (Lipinski definition) is 3. The van der Waals surface area contributed by atoms with Gasteiger partial charge in [-0.3, -0.25) is 0 Å². The molecule has 0 aliphatic carbocycles. The summed E-state index contributed by atoms with van der Waals surface area (Å²) in [5.41, 5.74) is 0.746. The summed E-state index contributed by atoms with van der Waals surface area (Å²) in [4.78, 5) is 0. The molecule has 1 N–H and O–H groups in total. The molecular formula is C11H14O3. The van der Waals surface area contributed by atoms with E-state index in [0.29, 0.717) is 19.8 Å². The Morgan fingerprint density at radius 3 is 2.64 bits per heavy atom. The van der Waals surface area contributed by atoms with Gasteiger partial charge in [-0.15, -0.1) is 0 Å². The molecule has 1 saturated heterocycles. The van der Waals surface area contributed by atoms with Gasteiger partial charge in [-0.05, 0) is 5.56 Å². The summed E-state index contributed by atoms with van der Waals surface area (Å²) in [5.74, 6) is 0. The van der Waals surface area contributed by atoms with Crippen molar-refractivity contribution in [1.29, 1.82) is 0 Å². The Labute approximate surface area is 83.3 Å². The number of ether oxygens (including phenoxy) is 2. The molecule has 2 rings (SSSR count). The second-order valence-electron chi connectivity index (χ2n) is 3.61. The van der Waals surface area contributed by atoms with E-state index in [0.717, 1.165) is 5.56 Å². The van der Waals surface area contributed by atoms with Gasteiger partial charge in [0.05, 0.1) is 26.4 Å². The zero-order valence-electron chi connectivity index (χ0n) is 7.98. The fraction of sp³-hybridized carbons (Fsp3) is 0.455. The largest absolute Gasteiger partial charge is 0.393 e. The molecule has 1 aliphatic heterocycles. The second kappa shape index (κ2) is 4.09. The van der Waals surface area contributed by atoms with E-state index in [9.17, 15) is 0 Å². The number of hydrogen-bond donors (Lipinski definition) is 1. The molecule has 0 saturated carbocycles. The van der Waals surface area contributed by atoms with Gasteiger partial charge in [0.1, 0.15) is 5.60 Å². The predicted molar refractivity (Wildman–Crippen MR) is 51.9 cm³/mol. The van der Waals surface area contributed by atoms with Crippen molar-refractivity contribution in [2.75, 3.05) is 19.8 Å². The van der Waals surface area contributed by atoms with Crippen molar-refractivity contribution >= 4 is 0 Å². The quantitative estimate of drug-likeness (QED) is 0.710. The summed E-state index contributed by atoms with van der Waals surface area (Å²) >= 11 is 0. The lowest BCUT2D eigenvalue weighted by Crippen LogP contribution is -2.23. The third kappa shape index (κ3) is 2.32. The van der Waals surface area contributed by atoms with Crippen LogP contribution in [0.15, 0.2) is 30.3 Å². The average Bonchev–Trinajstić information content (AvgIpc) is 3.00. The van der Waals surface area contributed by atoms with Crippen molar-refractivity contribution in [3.8, 4) is 0 Å². The molecule has 0 aromatic heterocycles. The number of benzene rings is 1. The van der Waals surface area contributed by atoms with Crippen LogP contribution in [-0.4, -0.2) is 30.5 Å². The molecule has 1 unspecified atom stereocenters. The van der Waals surface area contributed by atoms with E-state index in [1.165, 1.54) is 0 Å². The standard InChI is InChI=1S/C11H14O3/c12-7-11(9-14-11)8-13-6-10-4-2-1-3-5-10/h1-5,12H,6-9H2. The number of rotatable bonds is 5. The fourth-order valence-corrected chi connectivity index (χ4v) is 1.25. The minimum absolute atomic E-state index is 0.0434. The Kier molecular flexibility index (Phi) is 2.82. The van der Waals surface area contributed by atoms with Crippen molar-refractivity contribution in [2.45, 2.75) is 12.2 Å². The molecule has 0 bridgehead atoms. The van der Waals surface area contributed by atoms with Crippen molar-refractivity contribution in [3.63, 3.8) is 0 Å². The smallest absolute Gasteiger partial charge is 0.138 e. The zero-order chi connectivity index (χ0) is 9.86. The number of aliphatic hydroxyl groups excluding tert-OH is 1. The van der Waals surface area contributed by atoms with Crippen LogP contribution < -0.4 is 0 Å². The molecule has 0 radical (unpaired) electrons. The van der Waals surface area contributed by atoms with E-state index in [1.54, 1.807) is 0 Å². The maximum absolute atomic E-state index is 8.95. The lowest BCUT2D eigenvalue weighted by atomic mass is 10.2. The SMILES string of the molecule is OCC1(COCc2ccccc2)CO1. The fourth-order valence-electron chi connectivity index (χ4n) is 1.25. The lowest BCUT2D eigenvalue weighted by Gasteiger charge is -2.08. The first-order valence-corrected chi connectivity index (χ1v) is 4.71. The van der Waals surface area contributed by atoms with E-state index >= 15 is 0 Å². The summed E-state index contributed by atoms with van der Waals surface area (Å²) < 4.78 is 10.6. The van der Waals surface area contributed by atoms with Crippen LogP contribution >= 0.6 is 0 Å². The van der Waals surface area contributed by atoms with Gasteiger partial charge in [-0.25, -0.2) is 0 Å². The van der Waals surface area contributed by atoms with Crippen LogP contribution in [0.5, 0.6) is 0 Å². The van der Waals surface area contributed by atoms with Crippen LogP contribution in [0.3, 0.4) is 0 Å². The Bertz CT molecular complexity index is 280. The summed E-state index contributed by atoms with van der Waals surface area (Å²) in [6.07, 6.45) is 0. The molecule has 1 aromatic rings. The number of aliphatic hydroxyl groups is 1. The molecule has 1 heterocycles. The average molecular weight is 194 g/mol. The van der Waals surface area contributed by atoms with Crippen LogP contribution in [-0.2, 0) is 16.1 Å². The monoisotopic (exact) mass is 194 g/mol. The Balaban J connectivity index is 1.73. The predicted octanol–water partition coefficient (Wildman–Crippen LogP) is 0.964. The first-order chi connectivity index (χ1) is 6.85. The van der Waals surface area contributed by atoms with Gasteiger partial charge in [0.2, 0.25) is 0 Å². The summed E-state index contributed by atoms with van der Waals surface area (Å²) in [5, 5.41) is 8.95. The molecule has 1 aromatic carbocycles. The molecule has 3 heteroatoms. The van der Waals surface area contributed by atoms with Crippen LogP contribution in [0.25, 0.3) is 0 Å². The highest BCUT2D eigenvalue weighted by Crippen LogP contribution is 2.26. The molecule has 0 spiro atoms. The second-order valence-corrected chi connectivity index (χ2v) is 3.61. The lowest BCUT2D eigenvalue weighted by molar-refractivity contribution is 0.0412. The highest BCUT2D eigenvalue weighted by atomic mass is 16.6. The molecule has 1 fully saturated rings. The third-order valence-corrected chi connectivity index (χ3v) is 2.32. The summed E-state index contributed by atoms with van der Waals surface area (Å²) in [6, 6.07) is 9.96. The first-order valence-electron chi connectivity index (χ1n) is 4.71. The Morgan fingerprint density at radius 2 is 2.07 bits per heavy atom. The normalized spacial score (nSPS) is 24.9. The van der Waals surface area contributed by atoms with Crippen LogP contribution in [0.1, 0.15) is 5.56 Å². The zero-order valence-corrected chi connectivity index (χ0v) is 7.98. The van der Waals surface area contributed by atoms with Crippen molar-refractivity contribution in [3.05, 3.63) is 35.9 Å². The van der Waals surface area contributed by atoms with E-state index in [4.69, 9.17) is 14.6 Å². The van der Waals surface area contributed by atoms with Gasteiger partial charge in [0, 0.05) is 0 Å². The topological polar surface area (TPSA) is 42.0 Å². The van der Waals surface area contributed by atoms with Crippen molar-refractivity contribution in [1.82, 2.24) is 0 Å². The van der Waals surface area contributed by atoms with Crippen molar-refractivity contribution in [2.24, 2.45) is 0 Å². The highest BCUT2D eigenvalue weighted by molar-refractivity contribution is 5.13. The minimum Gasteiger partial charge on any atom is -0.393 e. The van der Waals surface area contributed by atoms with Crippen LogP contribution in [0.2, 0.25) is 0 Å². The minimum atomic E-state index is -0.394. The summed E-state index contributed by atoms with van der Waals surface area (Å²) in [7, 11) is 0. The highest BCUT2D eigenvalue weighted by Gasteiger charge is 2.44. The summed E-state index contributed by atoms with van der Waals surface area (Å²) in [6.45, 7) is 1.70. The van der Waals surface area contributed by atoms with Gasteiger partial charge in [-0.1, -0.05) is 30.3 Å². The molecule has 1 aliphatic rings. The molecule has 3 nitrogen and oxygen atoms in total. The van der Waals surface area contributed by atoms with E-state index in [1.807, 2.05) is 30.3 Å². The van der Waals surface area contributed by atoms with Gasteiger partial charge >= 0.3 is 0 Å².